The maximum atomic E-state index is 6.42. The Bertz CT molecular complexity index is 619. The molecule has 2 aromatic rings. The predicted octanol–water partition coefficient (Wildman–Crippen LogP) is 4.70. The van der Waals surface area contributed by atoms with Crippen LogP contribution in [0.1, 0.15) is 26.3 Å². The standard InChI is InChI=1S/C18H23ClO3/c1-5-21-18(13(3)19,22-6-2)16-9-7-15-12-17(20-4)10-8-14(15)11-16/h7-13H,5-6H2,1-4H3. The van der Waals surface area contributed by atoms with E-state index >= 15 is 0 Å². The van der Waals surface area contributed by atoms with Crippen LogP contribution in [0.25, 0.3) is 10.8 Å². The van der Waals surface area contributed by atoms with Crippen molar-refractivity contribution in [2.24, 2.45) is 0 Å². The lowest BCUT2D eigenvalue weighted by molar-refractivity contribution is -0.241. The summed E-state index contributed by atoms with van der Waals surface area (Å²) in [5.41, 5.74) is 0.927. The molecule has 2 aromatic carbocycles. The summed E-state index contributed by atoms with van der Waals surface area (Å²) in [6.45, 7) is 6.83. The molecule has 2 rings (SSSR count). The monoisotopic (exact) mass is 322 g/mol. The summed E-state index contributed by atoms with van der Waals surface area (Å²) in [6.07, 6.45) is 0. The minimum atomic E-state index is -0.931. The van der Waals surface area contributed by atoms with Crippen LogP contribution in [0.15, 0.2) is 36.4 Å². The Labute approximate surface area is 137 Å². The van der Waals surface area contributed by atoms with Gasteiger partial charge in [-0.05, 0) is 49.7 Å². The molecule has 0 radical (unpaired) electrons. The van der Waals surface area contributed by atoms with Crippen molar-refractivity contribution in [3.8, 4) is 5.75 Å². The number of alkyl halides is 1. The number of methoxy groups -OCH3 is 1. The molecule has 1 atom stereocenters. The van der Waals surface area contributed by atoms with Gasteiger partial charge >= 0.3 is 0 Å². The van der Waals surface area contributed by atoms with E-state index in [1.165, 1.54) is 0 Å². The van der Waals surface area contributed by atoms with E-state index in [-0.39, 0.29) is 5.38 Å². The zero-order valence-corrected chi connectivity index (χ0v) is 14.3. The van der Waals surface area contributed by atoms with Crippen molar-refractivity contribution in [1.29, 1.82) is 0 Å². The van der Waals surface area contributed by atoms with Crippen molar-refractivity contribution in [2.75, 3.05) is 20.3 Å². The quantitative estimate of drug-likeness (QED) is 0.546. The van der Waals surface area contributed by atoms with E-state index in [1.54, 1.807) is 7.11 Å². The lowest BCUT2D eigenvalue weighted by atomic mass is 9.98. The summed E-state index contributed by atoms with van der Waals surface area (Å²) >= 11 is 6.42. The fraction of sp³-hybridized carbons (Fsp3) is 0.444. The maximum absolute atomic E-state index is 6.42. The Kier molecular flexibility index (Phi) is 5.68. The van der Waals surface area contributed by atoms with Crippen molar-refractivity contribution in [3.05, 3.63) is 42.0 Å². The second-order valence-corrected chi connectivity index (χ2v) is 5.73. The molecule has 3 nitrogen and oxygen atoms in total. The highest BCUT2D eigenvalue weighted by Gasteiger charge is 2.39. The summed E-state index contributed by atoms with van der Waals surface area (Å²) in [6, 6.07) is 12.1. The highest BCUT2D eigenvalue weighted by atomic mass is 35.5. The smallest absolute Gasteiger partial charge is 0.211 e. The largest absolute Gasteiger partial charge is 0.497 e. The third-order valence-electron chi connectivity index (χ3n) is 3.69. The molecule has 0 N–H and O–H groups in total. The Morgan fingerprint density at radius 3 is 2.14 bits per heavy atom. The highest BCUT2D eigenvalue weighted by Crippen LogP contribution is 2.36. The molecule has 0 aromatic heterocycles. The van der Waals surface area contributed by atoms with Crippen LogP contribution in [0.4, 0.5) is 0 Å². The van der Waals surface area contributed by atoms with Gasteiger partial charge in [-0.2, -0.15) is 0 Å². The molecule has 0 fully saturated rings. The first-order chi connectivity index (χ1) is 10.6. The Balaban J connectivity index is 2.53. The fourth-order valence-electron chi connectivity index (χ4n) is 2.66. The van der Waals surface area contributed by atoms with Gasteiger partial charge in [-0.25, -0.2) is 0 Å². The molecule has 22 heavy (non-hydrogen) atoms. The van der Waals surface area contributed by atoms with Gasteiger partial charge < -0.3 is 14.2 Å². The van der Waals surface area contributed by atoms with Crippen LogP contribution in [-0.2, 0) is 15.3 Å². The van der Waals surface area contributed by atoms with Gasteiger partial charge in [0, 0.05) is 18.8 Å². The zero-order chi connectivity index (χ0) is 16.2. The van der Waals surface area contributed by atoms with E-state index in [0.29, 0.717) is 13.2 Å². The van der Waals surface area contributed by atoms with Crippen LogP contribution >= 0.6 is 11.6 Å². The molecule has 120 valence electrons. The molecule has 0 saturated carbocycles. The number of hydrogen-bond donors (Lipinski definition) is 0. The van der Waals surface area contributed by atoms with Gasteiger partial charge in [0.25, 0.3) is 0 Å². The summed E-state index contributed by atoms with van der Waals surface area (Å²) in [7, 11) is 1.67. The van der Waals surface area contributed by atoms with E-state index in [1.807, 2.05) is 51.1 Å². The molecule has 0 aliphatic rings. The second kappa shape index (κ2) is 7.32. The third-order valence-corrected chi connectivity index (χ3v) is 3.98. The van der Waals surface area contributed by atoms with Gasteiger partial charge in [-0.3, -0.25) is 0 Å². The molecule has 0 saturated heterocycles. The normalized spacial score (nSPS) is 13.3. The summed E-state index contributed by atoms with van der Waals surface area (Å²) in [5.74, 6) is -0.0917. The first-order valence-electron chi connectivity index (χ1n) is 7.57. The molecule has 0 aliphatic carbocycles. The van der Waals surface area contributed by atoms with Crippen molar-refractivity contribution < 1.29 is 14.2 Å². The average molecular weight is 323 g/mol. The Hall–Kier alpha value is -1.29. The molecule has 0 bridgehead atoms. The highest BCUT2D eigenvalue weighted by molar-refractivity contribution is 6.21. The Morgan fingerprint density at radius 2 is 1.59 bits per heavy atom. The molecule has 0 amide bonds. The van der Waals surface area contributed by atoms with E-state index < -0.39 is 5.79 Å². The topological polar surface area (TPSA) is 27.7 Å². The van der Waals surface area contributed by atoms with Gasteiger partial charge in [0.1, 0.15) is 5.75 Å². The van der Waals surface area contributed by atoms with Crippen LogP contribution in [-0.4, -0.2) is 25.7 Å². The Morgan fingerprint density at radius 1 is 1.00 bits per heavy atom. The number of benzene rings is 2. The van der Waals surface area contributed by atoms with E-state index in [4.69, 9.17) is 25.8 Å². The summed E-state index contributed by atoms with van der Waals surface area (Å²) < 4.78 is 17.1. The van der Waals surface area contributed by atoms with Crippen molar-refractivity contribution in [2.45, 2.75) is 31.9 Å². The third kappa shape index (κ3) is 3.22. The van der Waals surface area contributed by atoms with E-state index in [9.17, 15) is 0 Å². The van der Waals surface area contributed by atoms with Crippen LogP contribution < -0.4 is 4.74 Å². The van der Waals surface area contributed by atoms with Gasteiger partial charge in [-0.15, -0.1) is 11.6 Å². The maximum Gasteiger partial charge on any atom is 0.211 e. The number of halogens is 1. The molecule has 0 spiro atoms. The summed E-state index contributed by atoms with van der Waals surface area (Å²) in [4.78, 5) is 0. The lowest BCUT2D eigenvalue weighted by Crippen LogP contribution is -2.40. The first kappa shape index (κ1) is 17.1. The minimum absolute atomic E-state index is 0.317. The van der Waals surface area contributed by atoms with Gasteiger partial charge in [0.2, 0.25) is 5.79 Å². The predicted molar refractivity (Wildman–Crippen MR) is 90.7 cm³/mol. The number of rotatable bonds is 7. The second-order valence-electron chi connectivity index (χ2n) is 5.08. The molecule has 0 aliphatic heterocycles. The molecule has 4 heteroatoms. The lowest BCUT2D eigenvalue weighted by Gasteiger charge is -2.36. The van der Waals surface area contributed by atoms with Gasteiger partial charge in [0.05, 0.1) is 12.5 Å². The number of ether oxygens (including phenoxy) is 3. The van der Waals surface area contributed by atoms with Crippen molar-refractivity contribution in [1.82, 2.24) is 0 Å². The van der Waals surface area contributed by atoms with Crippen molar-refractivity contribution in [3.63, 3.8) is 0 Å². The first-order valence-corrected chi connectivity index (χ1v) is 8.01. The zero-order valence-electron chi connectivity index (χ0n) is 13.6. The average Bonchev–Trinajstić information content (AvgIpc) is 2.53. The van der Waals surface area contributed by atoms with Gasteiger partial charge in [0.15, 0.2) is 0 Å². The summed E-state index contributed by atoms with van der Waals surface area (Å²) in [5, 5.41) is 1.88. The molecular weight excluding hydrogens is 300 g/mol. The van der Waals surface area contributed by atoms with E-state index in [0.717, 1.165) is 22.1 Å². The van der Waals surface area contributed by atoms with Crippen LogP contribution in [0.5, 0.6) is 5.75 Å². The van der Waals surface area contributed by atoms with Crippen LogP contribution in [0.2, 0.25) is 0 Å². The van der Waals surface area contributed by atoms with Gasteiger partial charge in [-0.1, -0.05) is 18.2 Å². The van der Waals surface area contributed by atoms with Crippen LogP contribution in [0.3, 0.4) is 0 Å². The van der Waals surface area contributed by atoms with Crippen LogP contribution in [0, 0.1) is 0 Å². The van der Waals surface area contributed by atoms with E-state index in [2.05, 4.69) is 6.07 Å². The minimum Gasteiger partial charge on any atom is -0.497 e. The SMILES string of the molecule is CCOC(OCC)(c1ccc2cc(OC)ccc2c1)C(C)Cl. The van der Waals surface area contributed by atoms with Crippen molar-refractivity contribution >= 4 is 22.4 Å². The molecule has 0 heterocycles. The fourth-order valence-corrected chi connectivity index (χ4v) is 2.92. The number of hydrogen-bond acceptors (Lipinski definition) is 3. The molecule has 1 unspecified atom stereocenters. The number of fused-ring (bicyclic) bond motifs is 1. The molecular formula is C18H23ClO3.